The predicted octanol–water partition coefficient (Wildman–Crippen LogP) is 0.451. The highest BCUT2D eigenvalue weighted by Gasteiger charge is 2.28. The van der Waals surface area contributed by atoms with Crippen LogP contribution in [-0.4, -0.2) is 37.8 Å². The molecule has 0 spiro atoms. The monoisotopic (exact) mass is 243 g/mol. The number of thioether (sulfide) groups is 1. The van der Waals surface area contributed by atoms with Crippen LogP contribution in [0.4, 0.5) is 11.9 Å². The molecule has 8 heteroatoms. The van der Waals surface area contributed by atoms with Crippen LogP contribution in [0.1, 0.15) is 13.8 Å². The molecule has 0 bridgehead atoms. The number of carboxylic acid groups (broad SMARTS) is 1. The van der Waals surface area contributed by atoms with Crippen LogP contribution >= 0.6 is 11.8 Å². The molecule has 1 aromatic heterocycles. The molecule has 4 N–H and O–H groups in total. The van der Waals surface area contributed by atoms with Crippen molar-refractivity contribution in [3.63, 3.8) is 0 Å². The summed E-state index contributed by atoms with van der Waals surface area (Å²) in [5.41, 5.74) is 4.30. The number of aromatic nitrogens is 3. The van der Waals surface area contributed by atoms with E-state index in [1.54, 1.807) is 6.26 Å². The van der Waals surface area contributed by atoms with Crippen LogP contribution < -0.4 is 11.1 Å². The number of aliphatic carboxylic acids is 1. The number of hydrogen-bond acceptors (Lipinski definition) is 7. The molecule has 0 atom stereocenters. The van der Waals surface area contributed by atoms with Crippen molar-refractivity contribution >= 4 is 29.6 Å². The van der Waals surface area contributed by atoms with E-state index in [2.05, 4.69) is 20.3 Å². The molecule has 0 amide bonds. The van der Waals surface area contributed by atoms with Gasteiger partial charge in [-0.05, 0) is 20.1 Å². The average Bonchev–Trinajstić information content (AvgIpc) is 2.15. The number of hydrogen-bond donors (Lipinski definition) is 3. The molecule has 0 saturated heterocycles. The third kappa shape index (κ3) is 2.96. The van der Waals surface area contributed by atoms with Crippen molar-refractivity contribution in [2.75, 3.05) is 17.3 Å². The maximum absolute atomic E-state index is 10.9. The molecule has 0 aromatic carbocycles. The van der Waals surface area contributed by atoms with Gasteiger partial charge in [-0.15, -0.1) is 0 Å². The molecule has 1 rings (SSSR count). The summed E-state index contributed by atoms with van der Waals surface area (Å²) in [6.07, 6.45) is 1.79. The number of carbonyl (C=O) groups is 1. The standard InChI is InChI=1S/C8H13N5O2S/c1-8(2,4(14)15)13-6-10-5(9)11-7(12-6)16-3/h1-3H3,(H,14,15)(H3,9,10,11,12,13). The molecule has 0 aliphatic heterocycles. The third-order valence-electron chi connectivity index (χ3n) is 1.77. The lowest BCUT2D eigenvalue weighted by atomic mass is 10.1. The highest BCUT2D eigenvalue weighted by Crippen LogP contribution is 2.15. The van der Waals surface area contributed by atoms with E-state index in [-0.39, 0.29) is 11.9 Å². The highest BCUT2D eigenvalue weighted by atomic mass is 32.2. The summed E-state index contributed by atoms with van der Waals surface area (Å²) in [4.78, 5) is 22.6. The third-order valence-corrected chi connectivity index (χ3v) is 2.32. The van der Waals surface area contributed by atoms with E-state index in [1.165, 1.54) is 25.6 Å². The van der Waals surface area contributed by atoms with E-state index in [0.717, 1.165) is 0 Å². The molecule has 1 aromatic rings. The molecule has 16 heavy (non-hydrogen) atoms. The van der Waals surface area contributed by atoms with Gasteiger partial charge >= 0.3 is 5.97 Å². The first-order valence-corrected chi connectivity index (χ1v) is 5.65. The van der Waals surface area contributed by atoms with Crippen molar-refractivity contribution in [2.24, 2.45) is 0 Å². The molecule has 0 radical (unpaired) electrons. The summed E-state index contributed by atoms with van der Waals surface area (Å²) in [5.74, 6) is -0.788. The number of carboxylic acids is 1. The van der Waals surface area contributed by atoms with Gasteiger partial charge in [-0.25, -0.2) is 4.79 Å². The zero-order chi connectivity index (χ0) is 12.3. The van der Waals surface area contributed by atoms with Crippen LogP contribution in [0.2, 0.25) is 0 Å². The Balaban J connectivity index is 2.97. The molecular weight excluding hydrogens is 230 g/mol. The average molecular weight is 243 g/mol. The second kappa shape index (κ2) is 4.52. The lowest BCUT2D eigenvalue weighted by Gasteiger charge is -2.20. The molecular formula is C8H13N5O2S. The second-order valence-electron chi connectivity index (χ2n) is 3.56. The maximum atomic E-state index is 10.9. The van der Waals surface area contributed by atoms with Gasteiger partial charge in [0.1, 0.15) is 5.54 Å². The van der Waals surface area contributed by atoms with Gasteiger partial charge in [-0.2, -0.15) is 15.0 Å². The first-order valence-electron chi connectivity index (χ1n) is 4.42. The lowest BCUT2D eigenvalue weighted by Crippen LogP contribution is -2.40. The first-order chi connectivity index (χ1) is 7.35. The fraction of sp³-hybridized carbons (Fsp3) is 0.500. The Morgan fingerprint density at radius 2 is 2.06 bits per heavy atom. The molecule has 0 unspecified atom stereocenters. The fourth-order valence-corrected chi connectivity index (χ4v) is 1.21. The summed E-state index contributed by atoms with van der Waals surface area (Å²) in [5, 5.41) is 12.0. The summed E-state index contributed by atoms with van der Waals surface area (Å²) in [6, 6.07) is 0. The predicted molar refractivity (Wildman–Crippen MR) is 61.4 cm³/mol. The first kappa shape index (κ1) is 12.5. The molecule has 7 nitrogen and oxygen atoms in total. The van der Waals surface area contributed by atoms with Gasteiger partial charge in [0.2, 0.25) is 11.9 Å². The Morgan fingerprint density at radius 3 is 2.56 bits per heavy atom. The van der Waals surface area contributed by atoms with E-state index in [9.17, 15) is 4.79 Å². The maximum Gasteiger partial charge on any atom is 0.328 e. The molecule has 0 aliphatic rings. The normalized spacial score (nSPS) is 11.2. The van der Waals surface area contributed by atoms with Crippen LogP contribution in [0.5, 0.6) is 0 Å². The molecule has 1 heterocycles. The number of rotatable bonds is 4. The molecule has 0 aliphatic carbocycles. The lowest BCUT2D eigenvalue weighted by molar-refractivity contribution is -0.141. The molecule has 0 fully saturated rings. The van der Waals surface area contributed by atoms with E-state index < -0.39 is 11.5 Å². The number of nitrogens with zero attached hydrogens (tertiary/aromatic N) is 3. The molecule has 0 saturated carbocycles. The van der Waals surface area contributed by atoms with Gasteiger partial charge in [0.05, 0.1) is 0 Å². The number of nitrogens with one attached hydrogen (secondary N) is 1. The van der Waals surface area contributed by atoms with Crippen molar-refractivity contribution < 1.29 is 9.90 Å². The minimum atomic E-state index is -1.16. The quantitative estimate of drug-likeness (QED) is 0.653. The Labute approximate surface area is 96.9 Å². The number of nitrogens with two attached hydrogens (primary N) is 1. The van der Waals surface area contributed by atoms with Crippen LogP contribution in [0, 0.1) is 0 Å². The number of anilines is 2. The zero-order valence-corrected chi connectivity index (χ0v) is 10.00. The van der Waals surface area contributed by atoms with E-state index in [4.69, 9.17) is 10.8 Å². The van der Waals surface area contributed by atoms with Crippen molar-refractivity contribution in [3.05, 3.63) is 0 Å². The van der Waals surface area contributed by atoms with Crippen LogP contribution in [-0.2, 0) is 4.79 Å². The zero-order valence-electron chi connectivity index (χ0n) is 9.18. The smallest absolute Gasteiger partial charge is 0.328 e. The van der Waals surface area contributed by atoms with Crippen molar-refractivity contribution in [1.29, 1.82) is 0 Å². The summed E-state index contributed by atoms with van der Waals surface area (Å²) < 4.78 is 0. The summed E-state index contributed by atoms with van der Waals surface area (Å²) >= 11 is 1.30. The largest absolute Gasteiger partial charge is 0.480 e. The summed E-state index contributed by atoms with van der Waals surface area (Å²) in [6.45, 7) is 3.02. The van der Waals surface area contributed by atoms with Gasteiger partial charge in [0, 0.05) is 0 Å². The number of nitrogen functional groups attached to an aromatic ring is 1. The SMILES string of the molecule is CSc1nc(N)nc(NC(C)(C)C(=O)O)n1. The van der Waals surface area contributed by atoms with Crippen LogP contribution in [0.25, 0.3) is 0 Å². The van der Waals surface area contributed by atoms with Crippen molar-refractivity contribution in [3.8, 4) is 0 Å². The minimum Gasteiger partial charge on any atom is -0.480 e. The van der Waals surface area contributed by atoms with E-state index in [0.29, 0.717) is 5.16 Å². The van der Waals surface area contributed by atoms with E-state index in [1.807, 2.05) is 0 Å². The Hall–Kier alpha value is -1.57. The minimum absolute atomic E-state index is 0.0584. The van der Waals surface area contributed by atoms with Gasteiger partial charge in [0.25, 0.3) is 0 Å². The van der Waals surface area contributed by atoms with Crippen LogP contribution in [0.15, 0.2) is 5.16 Å². The van der Waals surface area contributed by atoms with Crippen molar-refractivity contribution in [1.82, 2.24) is 15.0 Å². The molecule has 88 valence electrons. The topological polar surface area (TPSA) is 114 Å². The van der Waals surface area contributed by atoms with Gasteiger partial charge in [-0.1, -0.05) is 11.8 Å². The Bertz CT molecular complexity index is 409. The fourth-order valence-electron chi connectivity index (χ4n) is 0.852. The van der Waals surface area contributed by atoms with Crippen molar-refractivity contribution in [2.45, 2.75) is 24.5 Å². The van der Waals surface area contributed by atoms with Gasteiger partial charge in [0.15, 0.2) is 5.16 Å². The van der Waals surface area contributed by atoms with Crippen LogP contribution in [0.3, 0.4) is 0 Å². The Morgan fingerprint density at radius 1 is 1.44 bits per heavy atom. The summed E-state index contributed by atoms with van der Waals surface area (Å²) in [7, 11) is 0. The Kier molecular flexibility index (Phi) is 3.53. The second-order valence-corrected chi connectivity index (χ2v) is 4.33. The van der Waals surface area contributed by atoms with Gasteiger partial charge in [-0.3, -0.25) is 0 Å². The van der Waals surface area contributed by atoms with Gasteiger partial charge < -0.3 is 16.2 Å². The highest BCUT2D eigenvalue weighted by molar-refractivity contribution is 7.98. The van der Waals surface area contributed by atoms with E-state index >= 15 is 0 Å².